The van der Waals surface area contributed by atoms with Crippen molar-refractivity contribution in [3.8, 4) is 0 Å². The number of benzene rings is 3. The first-order valence-corrected chi connectivity index (χ1v) is 9.53. The van der Waals surface area contributed by atoms with Gasteiger partial charge in [-0.2, -0.15) is 0 Å². The molecule has 0 nitrogen and oxygen atoms in total. The van der Waals surface area contributed by atoms with Gasteiger partial charge in [-0.25, -0.2) is 0 Å². The second-order valence-corrected chi connectivity index (χ2v) is 9.08. The molecule has 7 heteroatoms. The number of hydrogen-bond acceptors (Lipinski definition) is 0. The molecule has 1 radical (unpaired) electrons. The maximum absolute atomic E-state index is 14.3. The Kier molecular flexibility index (Phi) is 4.88. The Morgan fingerprint density at radius 1 is 0.440 bits per heavy atom. The topological polar surface area (TPSA) is 0 Å². The standard InChI is InChI=1S/C18H9F6Se/c19-10-1-4-16(13(22)7-10)25(17-5-2-11(20)8-14(17)23)18-6-3-12(21)9-15(18)24/h1-9H. The predicted octanol–water partition coefficient (Wildman–Crippen LogP) is 3.04. The first kappa shape index (κ1) is 17.6. The first-order chi connectivity index (χ1) is 11.9. The SMILES string of the molecule is Fc1ccc([Se](c2ccc(F)cc2F)c2ccc(F)cc2F)c(F)c1. The van der Waals surface area contributed by atoms with Crippen molar-refractivity contribution in [3.05, 3.63) is 89.5 Å². The van der Waals surface area contributed by atoms with Gasteiger partial charge in [-0.1, -0.05) is 0 Å². The van der Waals surface area contributed by atoms with Crippen molar-refractivity contribution in [2.45, 2.75) is 0 Å². The van der Waals surface area contributed by atoms with Gasteiger partial charge in [0, 0.05) is 0 Å². The molecule has 0 atom stereocenters. The van der Waals surface area contributed by atoms with Crippen LogP contribution >= 0.6 is 0 Å². The Morgan fingerprint density at radius 3 is 0.960 bits per heavy atom. The summed E-state index contributed by atoms with van der Waals surface area (Å²) in [4.78, 5) is 0. The molecule has 0 saturated carbocycles. The average Bonchev–Trinajstić information content (AvgIpc) is 2.52. The van der Waals surface area contributed by atoms with E-state index in [4.69, 9.17) is 0 Å². The molecular weight excluding hydrogens is 409 g/mol. The van der Waals surface area contributed by atoms with Gasteiger partial charge in [0.05, 0.1) is 0 Å². The Labute approximate surface area is 143 Å². The van der Waals surface area contributed by atoms with Crippen LogP contribution in [-0.2, 0) is 0 Å². The molecule has 0 N–H and O–H groups in total. The summed E-state index contributed by atoms with van der Waals surface area (Å²) in [6.07, 6.45) is 0. The molecule has 0 unspecified atom stereocenters. The van der Waals surface area contributed by atoms with E-state index in [0.29, 0.717) is 18.2 Å². The molecule has 25 heavy (non-hydrogen) atoms. The van der Waals surface area contributed by atoms with Crippen LogP contribution in [0.15, 0.2) is 54.6 Å². The summed E-state index contributed by atoms with van der Waals surface area (Å²) in [6, 6.07) is 8.02. The monoisotopic (exact) mass is 419 g/mol. The maximum atomic E-state index is 14.3. The van der Waals surface area contributed by atoms with E-state index in [-0.39, 0.29) is 13.4 Å². The normalized spacial score (nSPS) is 11.2. The quantitative estimate of drug-likeness (QED) is 0.453. The van der Waals surface area contributed by atoms with E-state index >= 15 is 0 Å². The van der Waals surface area contributed by atoms with Crippen LogP contribution in [0.4, 0.5) is 26.3 Å². The zero-order chi connectivity index (χ0) is 18.1. The summed E-state index contributed by atoms with van der Waals surface area (Å²) in [7, 11) is 0. The summed E-state index contributed by atoms with van der Waals surface area (Å²) in [5.74, 6) is -5.45. The molecule has 0 aliphatic carbocycles. The Balaban J connectivity index is 2.27. The number of rotatable bonds is 3. The molecule has 3 rings (SSSR count). The van der Waals surface area contributed by atoms with Crippen LogP contribution in [0.2, 0.25) is 0 Å². The Morgan fingerprint density at radius 2 is 0.720 bits per heavy atom. The second-order valence-electron chi connectivity index (χ2n) is 5.03. The van der Waals surface area contributed by atoms with Crippen molar-refractivity contribution in [2.24, 2.45) is 0 Å². The van der Waals surface area contributed by atoms with Crippen LogP contribution < -0.4 is 13.4 Å². The van der Waals surface area contributed by atoms with Crippen LogP contribution in [0, 0.1) is 34.9 Å². The molecule has 0 bridgehead atoms. The summed E-state index contributed by atoms with van der Waals surface area (Å²) in [6.45, 7) is 0. The van der Waals surface area contributed by atoms with E-state index in [1.165, 1.54) is 0 Å². The number of hydrogen-bond donors (Lipinski definition) is 0. The Bertz CT molecular complexity index is 818. The molecule has 0 aliphatic rings. The van der Waals surface area contributed by atoms with Crippen LogP contribution in [0.1, 0.15) is 0 Å². The van der Waals surface area contributed by atoms with Gasteiger partial charge in [-0.3, -0.25) is 0 Å². The van der Waals surface area contributed by atoms with Crippen molar-refractivity contribution in [2.75, 3.05) is 0 Å². The zero-order valence-corrected chi connectivity index (χ0v) is 14.1. The fourth-order valence-corrected chi connectivity index (χ4v) is 6.65. The molecule has 129 valence electrons. The van der Waals surface area contributed by atoms with E-state index < -0.39 is 48.8 Å². The minimum absolute atomic E-state index is 0.0996. The van der Waals surface area contributed by atoms with Crippen molar-refractivity contribution >= 4 is 27.3 Å². The van der Waals surface area contributed by atoms with E-state index in [2.05, 4.69) is 0 Å². The second kappa shape index (κ2) is 6.94. The van der Waals surface area contributed by atoms with Crippen LogP contribution in [0.3, 0.4) is 0 Å². The number of halogens is 6. The zero-order valence-electron chi connectivity index (χ0n) is 12.4. The molecule has 0 aliphatic heterocycles. The average molecular weight is 418 g/mol. The summed E-state index contributed by atoms with van der Waals surface area (Å²) >= 11 is -2.94. The summed E-state index contributed by atoms with van der Waals surface area (Å²) < 4.78 is 82.2. The molecule has 0 heterocycles. The fourth-order valence-electron chi connectivity index (χ4n) is 2.28. The van der Waals surface area contributed by atoms with Crippen LogP contribution in [-0.4, -0.2) is 13.9 Å². The molecule has 0 spiro atoms. The minimum atomic E-state index is -2.94. The molecule has 0 aromatic heterocycles. The molecule has 0 fully saturated rings. The van der Waals surface area contributed by atoms with Gasteiger partial charge in [-0.05, 0) is 0 Å². The van der Waals surface area contributed by atoms with Gasteiger partial charge in [0.15, 0.2) is 0 Å². The third kappa shape index (κ3) is 3.57. The fraction of sp³-hybridized carbons (Fsp3) is 0. The van der Waals surface area contributed by atoms with Crippen molar-refractivity contribution in [1.29, 1.82) is 0 Å². The van der Waals surface area contributed by atoms with E-state index in [9.17, 15) is 26.3 Å². The predicted molar refractivity (Wildman–Crippen MR) is 83.7 cm³/mol. The van der Waals surface area contributed by atoms with Crippen LogP contribution in [0.5, 0.6) is 0 Å². The van der Waals surface area contributed by atoms with Gasteiger partial charge < -0.3 is 0 Å². The summed E-state index contributed by atoms with van der Waals surface area (Å²) in [5, 5.41) is 0. The molecule has 0 amide bonds. The van der Waals surface area contributed by atoms with Crippen LogP contribution in [0.25, 0.3) is 0 Å². The van der Waals surface area contributed by atoms with Crippen molar-refractivity contribution < 1.29 is 26.3 Å². The van der Waals surface area contributed by atoms with Crippen molar-refractivity contribution in [3.63, 3.8) is 0 Å². The van der Waals surface area contributed by atoms with Crippen molar-refractivity contribution in [1.82, 2.24) is 0 Å². The van der Waals surface area contributed by atoms with Gasteiger partial charge >= 0.3 is 143 Å². The van der Waals surface area contributed by atoms with Gasteiger partial charge in [0.25, 0.3) is 0 Å². The molecule has 3 aromatic rings. The van der Waals surface area contributed by atoms with Gasteiger partial charge in [0.2, 0.25) is 0 Å². The summed E-state index contributed by atoms with van der Waals surface area (Å²) in [5.41, 5.74) is 0. The molecular formula is C18H9F6Se. The first-order valence-electron chi connectivity index (χ1n) is 6.96. The third-order valence-corrected chi connectivity index (χ3v) is 8.19. The Hall–Kier alpha value is -2.24. The van der Waals surface area contributed by atoms with Gasteiger partial charge in [-0.15, -0.1) is 0 Å². The molecule has 0 saturated heterocycles. The molecule has 3 aromatic carbocycles. The van der Waals surface area contributed by atoms with E-state index in [1.807, 2.05) is 0 Å². The van der Waals surface area contributed by atoms with Gasteiger partial charge in [0.1, 0.15) is 0 Å². The van der Waals surface area contributed by atoms with E-state index in [0.717, 1.165) is 36.4 Å². The third-order valence-electron chi connectivity index (χ3n) is 3.34. The van der Waals surface area contributed by atoms with E-state index in [1.54, 1.807) is 0 Å².